The number of amides is 1. The smallest absolute Gasteiger partial charge is 0.267 e. The van der Waals surface area contributed by atoms with Gasteiger partial charge in [-0.3, -0.25) is 4.79 Å². The Kier molecular flexibility index (Phi) is 4.78. The lowest BCUT2D eigenvalue weighted by molar-refractivity contribution is -0.112. The number of aryl methyl sites for hydroxylation is 1. The molecule has 0 bridgehead atoms. The Morgan fingerprint density at radius 3 is 2.55 bits per heavy atom. The van der Waals surface area contributed by atoms with Crippen LogP contribution >= 0.6 is 0 Å². The van der Waals surface area contributed by atoms with E-state index in [1.807, 2.05) is 25.1 Å². The van der Waals surface area contributed by atoms with E-state index in [9.17, 15) is 9.90 Å². The minimum Gasteiger partial charge on any atom is -0.508 e. The van der Waals surface area contributed by atoms with Crippen molar-refractivity contribution in [3.05, 3.63) is 65.9 Å². The van der Waals surface area contributed by atoms with Gasteiger partial charge in [-0.1, -0.05) is 23.8 Å². The van der Waals surface area contributed by atoms with Crippen molar-refractivity contribution in [2.75, 3.05) is 10.6 Å². The Labute approximate surface area is 128 Å². The van der Waals surface area contributed by atoms with Crippen LogP contribution in [0.4, 0.5) is 11.4 Å². The zero-order valence-electron chi connectivity index (χ0n) is 12.0. The normalized spacial score (nSPS) is 10.6. The summed E-state index contributed by atoms with van der Waals surface area (Å²) in [4.78, 5) is 12.0. The summed E-state index contributed by atoms with van der Waals surface area (Å²) >= 11 is 0. The number of hydrogen-bond acceptors (Lipinski definition) is 4. The molecule has 2 rings (SSSR count). The van der Waals surface area contributed by atoms with E-state index in [2.05, 4.69) is 10.6 Å². The monoisotopic (exact) mass is 293 g/mol. The SMILES string of the molecule is Cc1ccc(NC(=O)/C(C#N)=C\Nc2cccc(O)c2)cc1. The molecule has 0 saturated heterocycles. The van der Waals surface area contributed by atoms with Gasteiger partial charge in [0.05, 0.1) is 0 Å². The molecule has 0 fully saturated rings. The number of nitrogens with one attached hydrogen (secondary N) is 2. The fourth-order valence-corrected chi connectivity index (χ4v) is 1.74. The van der Waals surface area contributed by atoms with E-state index in [-0.39, 0.29) is 11.3 Å². The summed E-state index contributed by atoms with van der Waals surface area (Å²) in [6.45, 7) is 1.95. The summed E-state index contributed by atoms with van der Waals surface area (Å²) in [7, 11) is 0. The van der Waals surface area contributed by atoms with Gasteiger partial charge in [-0.25, -0.2) is 0 Å². The van der Waals surface area contributed by atoms with Gasteiger partial charge in [-0.05, 0) is 31.2 Å². The number of rotatable bonds is 4. The summed E-state index contributed by atoms with van der Waals surface area (Å²) in [5.74, 6) is -0.403. The molecule has 0 saturated carbocycles. The Morgan fingerprint density at radius 1 is 1.18 bits per heavy atom. The van der Waals surface area contributed by atoms with Gasteiger partial charge in [0, 0.05) is 23.6 Å². The Bertz CT molecular complexity index is 743. The van der Waals surface area contributed by atoms with Gasteiger partial charge in [-0.15, -0.1) is 0 Å². The average Bonchev–Trinajstić information content (AvgIpc) is 2.50. The van der Waals surface area contributed by atoms with E-state index in [0.717, 1.165) is 5.56 Å². The zero-order valence-corrected chi connectivity index (χ0v) is 12.0. The molecule has 110 valence electrons. The molecule has 2 aromatic carbocycles. The first kappa shape index (κ1) is 15.1. The molecule has 0 aliphatic carbocycles. The lowest BCUT2D eigenvalue weighted by Gasteiger charge is -2.05. The fourth-order valence-electron chi connectivity index (χ4n) is 1.74. The largest absolute Gasteiger partial charge is 0.508 e. The van der Waals surface area contributed by atoms with Crippen molar-refractivity contribution in [1.82, 2.24) is 0 Å². The highest BCUT2D eigenvalue weighted by Gasteiger charge is 2.09. The molecule has 2 aromatic rings. The predicted octanol–water partition coefficient (Wildman–Crippen LogP) is 3.16. The Morgan fingerprint density at radius 2 is 1.91 bits per heavy atom. The number of carbonyl (C=O) groups is 1. The summed E-state index contributed by atoms with van der Waals surface area (Å²) < 4.78 is 0. The van der Waals surface area contributed by atoms with E-state index in [4.69, 9.17) is 5.26 Å². The number of aromatic hydroxyl groups is 1. The van der Waals surface area contributed by atoms with Crippen molar-refractivity contribution in [3.63, 3.8) is 0 Å². The highest BCUT2D eigenvalue weighted by molar-refractivity contribution is 6.06. The van der Waals surface area contributed by atoms with Crippen LogP contribution in [0.2, 0.25) is 0 Å². The second-order valence-electron chi connectivity index (χ2n) is 4.68. The van der Waals surface area contributed by atoms with Crippen molar-refractivity contribution in [2.24, 2.45) is 0 Å². The minimum absolute atomic E-state index is 0.0658. The lowest BCUT2D eigenvalue weighted by Crippen LogP contribution is -2.14. The van der Waals surface area contributed by atoms with Crippen LogP contribution in [0.25, 0.3) is 0 Å². The van der Waals surface area contributed by atoms with Gasteiger partial charge in [0.25, 0.3) is 5.91 Å². The van der Waals surface area contributed by atoms with Crippen LogP contribution in [-0.2, 0) is 4.79 Å². The quantitative estimate of drug-likeness (QED) is 0.597. The van der Waals surface area contributed by atoms with Gasteiger partial charge < -0.3 is 15.7 Å². The zero-order chi connectivity index (χ0) is 15.9. The molecule has 3 N–H and O–H groups in total. The third-order valence-corrected chi connectivity index (χ3v) is 2.90. The van der Waals surface area contributed by atoms with Crippen LogP contribution in [0.15, 0.2) is 60.3 Å². The Hall–Kier alpha value is -3.26. The van der Waals surface area contributed by atoms with Crippen LogP contribution in [-0.4, -0.2) is 11.0 Å². The van der Waals surface area contributed by atoms with Crippen LogP contribution in [0.1, 0.15) is 5.56 Å². The number of benzene rings is 2. The maximum Gasteiger partial charge on any atom is 0.267 e. The highest BCUT2D eigenvalue weighted by Crippen LogP contribution is 2.16. The van der Waals surface area contributed by atoms with E-state index in [1.165, 1.54) is 18.3 Å². The molecule has 5 heteroatoms. The number of anilines is 2. The molecular weight excluding hydrogens is 278 g/mol. The molecular formula is C17H15N3O2. The molecule has 0 atom stereocenters. The molecule has 0 unspecified atom stereocenters. The second kappa shape index (κ2) is 6.95. The van der Waals surface area contributed by atoms with Crippen LogP contribution in [0.3, 0.4) is 0 Å². The van der Waals surface area contributed by atoms with E-state index < -0.39 is 5.91 Å². The van der Waals surface area contributed by atoms with Gasteiger partial charge in [0.2, 0.25) is 0 Å². The number of carbonyl (C=O) groups excluding carboxylic acids is 1. The van der Waals surface area contributed by atoms with Gasteiger partial charge in [-0.2, -0.15) is 5.26 Å². The first-order chi connectivity index (χ1) is 10.6. The van der Waals surface area contributed by atoms with Crippen molar-refractivity contribution < 1.29 is 9.90 Å². The molecule has 22 heavy (non-hydrogen) atoms. The second-order valence-corrected chi connectivity index (χ2v) is 4.68. The number of nitrogens with zero attached hydrogens (tertiary/aromatic N) is 1. The molecule has 0 aromatic heterocycles. The van der Waals surface area contributed by atoms with Crippen molar-refractivity contribution in [3.8, 4) is 11.8 Å². The number of nitriles is 1. The summed E-state index contributed by atoms with van der Waals surface area (Å²) in [5, 5.41) is 23.9. The van der Waals surface area contributed by atoms with Crippen LogP contribution in [0, 0.1) is 18.3 Å². The molecule has 0 spiro atoms. The molecule has 0 aliphatic heterocycles. The molecule has 0 heterocycles. The van der Waals surface area contributed by atoms with Crippen LogP contribution in [0.5, 0.6) is 5.75 Å². The first-order valence-electron chi connectivity index (χ1n) is 6.62. The number of phenolic OH excluding ortho intramolecular Hbond substituents is 1. The third-order valence-electron chi connectivity index (χ3n) is 2.90. The number of phenols is 1. The van der Waals surface area contributed by atoms with Gasteiger partial charge >= 0.3 is 0 Å². The van der Waals surface area contributed by atoms with Crippen molar-refractivity contribution in [2.45, 2.75) is 6.92 Å². The van der Waals surface area contributed by atoms with E-state index in [1.54, 1.807) is 24.3 Å². The van der Waals surface area contributed by atoms with Crippen molar-refractivity contribution >= 4 is 17.3 Å². The maximum atomic E-state index is 12.0. The maximum absolute atomic E-state index is 12.0. The topological polar surface area (TPSA) is 85.2 Å². The molecule has 0 aliphatic rings. The van der Waals surface area contributed by atoms with Crippen molar-refractivity contribution in [1.29, 1.82) is 5.26 Å². The third kappa shape index (κ3) is 4.12. The lowest BCUT2D eigenvalue weighted by atomic mass is 10.2. The fraction of sp³-hybridized carbons (Fsp3) is 0.0588. The van der Waals surface area contributed by atoms with Crippen LogP contribution < -0.4 is 10.6 Å². The molecule has 1 amide bonds. The summed E-state index contributed by atoms with van der Waals surface area (Å²) in [5.41, 5.74) is 2.22. The minimum atomic E-state index is -0.501. The summed E-state index contributed by atoms with van der Waals surface area (Å²) in [6, 6.07) is 15.5. The van der Waals surface area contributed by atoms with E-state index >= 15 is 0 Å². The van der Waals surface area contributed by atoms with Gasteiger partial charge in [0.15, 0.2) is 0 Å². The predicted molar refractivity (Wildman–Crippen MR) is 85.2 cm³/mol. The average molecular weight is 293 g/mol. The molecule has 0 radical (unpaired) electrons. The first-order valence-corrected chi connectivity index (χ1v) is 6.62. The number of hydrogen-bond donors (Lipinski definition) is 3. The Balaban J connectivity index is 2.07. The molecule has 5 nitrogen and oxygen atoms in total. The summed E-state index contributed by atoms with van der Waals surface area (Å²) in [6.07, 6.45) is 1.30. The van der Waals surface area contributed by atoms with Gasteiger partial charge in [0.1, 0.15) is 17.4 Å². The standard InChI is InChI=1S/C17H15N3O2/c1-12-5-7-14(8-6-12)20-17(22)13(10-18)11-19-15-3-2-4-16(21)9-15/h2-9,11,19,21H,1H3,(H,20,22)/b13-11-. The van der Waals surface area contributed by atoms with E-state index in [0.29, 0.717) is 11.4 Å². The highest BCUT2D eigenvalue weighted by atomic mass is 16.3.